The topological polar surface area (TPSA) is 66.4 Å². The number of nitrogens with one attached hydrogen (secondary N) is 1. The quantitative estimate of drug-likeness (QED) is 0.812. The molecule has 4 nitrogen and oxygen atoms in total. The molecule has 0 saturated heterocycles. The van der Waals surface area contributed by atoms with Gasteiger partial charge in [0, 0.05) is 10.9 Å². The number of carbonyl (C=O) groups excluding carboxylic acids is 1. The lowest BCUT2D eigenvalue weighted by atomic mass is 9.93. The molecule has 1 amide bonds. The average molecular weight is 312 g/mol. The SMILES string of the molecule is CCCC(C)(NC(=O)C(C)Cc1ccccc1Cl)C(=O)O. The van der Waals surface area contributed by atoms with Crippen LogP contribution in [0.3, 0.4) is 0 Å². The summed E-state index contributed by atoms with van der Waals surface area (Å²) in [5.41, 5.74) is -0.338. The van der Waals surface area contributed by atoms with Crippen molar-refractivity contribution in [3.63, 3.8) is 0 Å². The molecule has 0 radical (unpaired) electrons. The fourth-order valence-electron chi connectivity index (χ4n) is 2.20. The van der Waals surface area contributed by atoms with E-state index in [4.69, 9.17) is 11.6 Å². The number of hydrogen-bond donors (Lipinski definition) is 2. The van der Waals surface area contributed by atoms with Crippen LogP contribution in [0.15, 0.2) is 24.3 Å². The molecule has 5 heteroatoms. The largest absolute Gasteiger partial charge is 0.480 e. The first-order valence-electron chi connectivity index (χ1n) is 7.09. The van der Waals surface area contributed by atoms with Crippen molar-refractivity contribution >= 4 is 23.5 Å². The van der Waals surface area contributed by atoms with Gasteiger partial charge in [-0.15, -0.1) is 0 Å². The molecule has 2 unspecified atom stereocenters. The Morgan fingerprint density at radius 3 is 2.52 bits per heavy atom. The maximum Gasteiger partial charge on any atom is 0.329 e. The first-order valence-corrected chi connectivity index (χ1v) is 7.46. The molecule has 0 heterocycles. The van der Waals surface area contributed by atoms with Gasteiger partial charge in [-0.2, -0.15) is 0 Å². The molecule has 0 bridgehead atoms. The van der Waals surface area contributed by atoms with E-state index in [-0.39, 0.29) is 11.8 Å². The molecule has 1 rings (SSSR count). The summed E-state index contributed by atoms with van der Waals surface area (Å²) in [6.07, 6.45) is 1.56. The van der Waals surface area contributed by atoms with E-state index in [2.05, 4.69) is 5.32 Å². The number of carboxylic acid groups (broad SMARTS) is 1. The van der Waals surface area contributed by atoms with Gasteiger partial charge in [-0.3, -0.25) is 4.79 Å². The molecule has 1 aromatic carbocycles. The highest BCUT2D eigenvalue weighted by atomic mass is 35.5. The summed E-state index contributed by atoms with van der Waals surface area (Å²) in [5, 5.41) is 12.6. The van der Waals surface area contributed by atoms with Gasteiger partial charge in [-0.1, -0.05) is 50.1 Å². The molecule has 0 aromatic heterocycles. The maximum atomic E-state index is 12.2. The van der Waals surface area contributed by atoms with E-state index < -0.39 is 11.5 Å². The van der Waals surface area contributed by atoms with Crippen LogP contribution < -0.4 is 5.32 Å². The van der Waals surface area contributed by atoms with Crippen LogP contribution in [0.4, 0.5) is 0 Å². The van der Waals surface area contributed by atoms with Crippen molar-refractivity contribution in [3.05, 3.63) is 34.9 Å². The normalized spacial score (nSPS) is 15.0. The molecular weight excluding hydrogens is 290 g/mol. The number of halogens is 1. The van der Waals surface area contributed by atoms with Crippen LogP contribution in [0.2, 0.25) is 5.02 Å². The Morgan fingerprint density at radius 2 is 2.00 bits per heavy atom. The predicted molar refractivity (Wildman–Crippen MR) is 83.4 cm³/mol. The highest BCUT2D eigenvalue weighted by molar-refractivity contribution is 6.31. The van der Waals surface area contributed by atoms with Crippen LogP contribution in [-0.2, 0) is 16.0 Å². The lowest BCUT2D eigenvalue weighted by Gasteiger charge is -2.27. The number of hydrogen-bond acceptors (Lipinski definition) is 2. The average Bonchev–Trinajstić information content (AvgIpc) is 2.41. The molecule has 2 atom stereocenters. The van der Waals surface area contributed by atoms with Crippen LogP contribution >= 0.6 is 11.6 Å². The zero-order chi connectivity index (χ0) is 16.0. The second-order valence-electron chi connectivity index (χ2n) is 5.57. The van der Waals surface area contributed by atoms with Crippen molar-refractivity contribution < 1.29 is 14.7 Å². The van der Waals surface area contributed by atoms with E-state index in [1.54, 1.807) is 19.9 Å². The lowest BCUT2D eigenvalue weighted by molar-refractivity contribution is -0.147. The third-order valence-electron chi connectivity index (χ3n) is 3.55. The van der Waals surface area contributed by atoms with Gasteiger partial charge in [0.15, 0.2) is 0 Å². The Hall–Kier alpha value is -1.55. The smallest absolute Gasteiger partial charge is 0.329 e. The molecule has 21 heavy (non-hydrogen) atoms. The van der Waals surface area contributed by atoms with Crippen molar-refractivity contribution in [3.8, 4) is 0 Å². The van der Waals surface area contributed by atoms with Crippen molar-refractivity contribution in [1.82, 2.24) is 5.32 Å². The van der Waals surface area contributed by atoms with Crippen LogP contribution in [0.1, 0.15) is 39.2 Å². The van der Waals surface area contributed by atoms with Crippen LogP contribution in [-0.4, -0.2) is 22.5 Å². The molecule has 0 fully saturated rings. The summed E-state index contributed by atoms with van der Waals surface area (Å²) in [5.74, 6) is -1.63. The minimum absolute atomic E-state index is 0.270. The Kier molecular flexibility index (Phi) is 6.21. The predicted octanol–water partition coefficient (Wildman–Crippen LogP) is 3.28. The number of benzene rings is 1. The Bertz CT molecular complexity index is 518. The zero-order valence-electron chi connectivity index (χ0n) is 12.6. The first-order chi connectivity index (χ1) is 9.80. The second-order valence-corrected chi connectivity index (χ2v) is 5.98. The molecular formula is C16H22ClNO3. The summed E-state index contributed by atoms with van der Waals surface area (Å²) in [6, 6.07) is 7.35. The Balaban J connectivity index is 2.74. The summed E-state index contributed by atoms with van der Waals surface area (Å²) in [6.45, 7) is 5.20. The molecule has 2 N–H and O–H groups in total. The highest BCUT2D eigenvalue weighted by Gasteiger charge is 2.34. The van der Waals surface area contributed by atoms with Crippen LogP contribution in [0.5, 0.6) is 0 Å². The highest BCUT2D eigenvalue weighted by Crippen LogP contribution is 2.20. The maximum absolute atomic E-state index is 12.2. The molecule has 116 valence electrons. The molecule has 1 aromatic rings. The van der Waals surface area contributed by atoms with Gasteiger partial charge in [-0.25, -0.2) is 4.79 Å². The summed E-state index contributed by atoms with van der Waals surface area (Å²) in [4.78, 5) is 23.6. The van der Waals surface area contributed by atoms with Crippen LogP contribution in [0, 0.1) is 5.92 Å². The fraction of sp³-hybridized carbons (Fsp3) is 0.500. The standard InChI is InChI=1S/C16H22ClNO3/c1-4-9-16(3,15(20)21)18-14(19)11(2)10-12-7-5-6-8-13(12)17/h5-8,11H,4,9-10H2,1-3H3,(H,18,19)(H,20,21). The van der Waals surface area contributed by atoms with E-state index in [1.807, 2.05) is 25.1 Å². The van der Waals surface area contributed by atoms with Gasteiger partial charge in [-0.05, 0) is 31.4 Å². The van der Waals surface area contributed by atoms with Crippen molar-refractivity contribution in [2.45, 2.75) is 45.6 Å². The number of amides is 1. The van der Waals surface area contributed by atoms with E-state index in [9.17, 15) is 14.7 Å². The summed E-state index contributed by atoms with van der Waals surface area (Å²) < 4.78 is 0. The Morgan fingerprint density at radius 1 is 1.38 bits per heavy atom. The van der Waals surface area contributed by atoms with Crippen molar-refractivity contribution in [2.24, 2.45) is 5.92 Å². The number of carbonyl (C=O) groups is 2. The Labute approximate surface area is 130 Å². The van der Waals surface area contributed by atoms with E-state index in [1.165, 1.54) is 0 Å². The number of aliphatic carboxylic acids is 1. The zero-order valence-corrected chi connectivity index (χ0v) is 13.4. The van der Waals surface area contributed by atoms with Gasteiger partial charge < -0.3 is 10.4 Å². The summed E-state index contributed by atoms with van der Waals surface area (Å²) >= 11 is 6.08. The third kappa shape index (κ3) is 4.74. The minimum Gasteiger partial charge on any atom is -0.480 e. The molecule has 0 aliphatic heterocycles. The lowest BCUT2D eigenvalue weighted by Crippen LogP contribution is -2.53. The van der Waals surface area contributed by atoms with Crippen molar-refractivity contribution in [1.29, 1.82) is 0 Å². The van der Waals surface area contributed by atoms with Gasteiger partial charge >= 0.3 is 5.97 Å². The van der Waals surface area contributed by atoms with E-state index in [0.29, 0.717) is 24.3 Å². The molecule has 0 spiro atoms. The number of carboxylic acids is 1. The monoisotopic (exact) mass is 311 g/mol. The van der Waals surface area contributed by atoms with Gasteiger partial charge in [0.25, 0.3) is 0 Å². The van der Waals surface area contributed by atoms with Gasteiger partial charge in [0.1, 0.15) is 5.54 Å². The summed E-state index contributed by atoms with van der Waals surface area (Å²) in [7, 11) is 0. The van der Waals surface area contributed by atoms with E-state index in [0.717, 1.165) is 5.56 Å². The van der Waals surface area contributed by atoms with Crippen molar-refractivity contribution in [2.75, 3.05) is 0 Å². The van der Waals surface area contributed by atoms with E-state index >= 15 is 0 Å². The van der Waals surface area contributed by atoms with Crippen LogP contribution in [0.25, 0.3) is 0 Å². The molecule has 0 aliphatic rings. The fourth-order valence-corrected chi connectivity index (χ4v) is 2.42. The van der Waals surface area contributed by atoms with Gasteiger partial charge in [0.05, 0.1) is 0 Å². The minimum atomic E-state index is -1.22. The first kappa shape index (κ1) is 17.5. The molecule has 0 saturated carbocycles. The number of rotatable bonds is 7. The third-order valence-corrected chi connectivity index (χ3v) is 3.92. The second kappa shape index (κ2) is 7.46. The molecule has 0 aliphatic carbocycles. The van der Waals surface area contributed by atoms with Gasteiger partial charge in [0.2, 0.25) is 5.91 Å².